The smallest absolute Gasteiger partial charge is 0.00162 e. The van der Waals surface area contributed by atoms with Gasteiger partial charge in [-0.3, -0.25) is 0 Å². The summed E-state index contributed by atoms with van der Waals surface area (Å²) in [5.41, 5.74) is 0. The fraction of sp³-hybridized carbons (Fsp3) is 1.00. The lowest BCUT2D eigenvalue weighted by atomic mass is 9.69. The third-order valence-electron chi connectivity index (χ3n) is 7.30. The van der Waals surface area contributed by atoms with E-state index in [9.17, 15) is 0 Å². The minimum atomic E-state index is 0.964. The van der Waals surface area contributed by atoms with E-state index in [0.717, 1.165) is 35.5 Å². The Morgan fingerprint density at radius 1 is 0.950 bits per heavy atom. The number of fused-ring (bicyclic) bond motifs is 5. The van der Waals surface area contributed by atoms with Gasteiger partial charge in [0.05, 0.1) is 0 Å². The van der Waals surface area contributed by atoms with Crippen molar-refractivity contribution in [2.45, 2.75) is 39.5 Å². The Balaban J connectivity index is 1.37. The van der Waals surface area contributed by atoms with Gasteiger partial charge in [-0.1, -0.05) is 20.3 Å². The van der Waals surface area contributed by atoms with Gasteiger partial charge in [0.1, 0.15) is 0 Å². The van der Waals surface area contributed by atoms with Crippen molar-refractivity contribution in [3.05, 3.63) is 0 Å². The first-order valence-electron chi connectivity index (χ1n) is 9.19. The minimum absolute atomic E-state index is 0.964. The molecule has 5 heterocycles. The van der Waals surface area contributed by atoms with Gasteiger partial charge in [-0.25, -0.2) is 0 Å². The maximum Gasteiger partial charge on any atom is 0.00162 e. The first-order valence-corrected chi connectivity index (χ1v) is 9.19. The van der Waals surface area contributed by atoms with Crippen LogP contribution in [0.5, 0.6) is 0 Å². The van der Waals surface area contributed by atoms with Gasteiger partial charge in [0, 0.05) is 26.2 Å². The Bertz CT molecular complexity index is 347. The van der Waals surface area contributed by atoms with Crippen LogP contribution in [0.3, 0.4) is 0 Å². The Kier molecular flexibility index (Phi) is 3.58. The summed E-state index contributed by atoms with van der Waals surface area (Å²) in [6, 6.07) is 0. The molecule has 5 aliphatic rings. The molecule has 2 nitrogen and oxygen atoms in total. The van der Waals surface area contributed by atoms with Crippen molar-refractivity contribution in [3.63, 3.8) is 0 Å². The summed E-state index contributed by atoms with van der Waals surface area (Å²) in [4.78, 5) is 5.49. The Morgan fingerprint density at radius 3 is 2.30 bits per heavy atom. The molecule has 5 aliphatic heterocycles. The summed E-state index contributed by atoms with van der Waals surface area (Å²) in [7, 11) is 0. The molecule has 5 rings (SSSR count). The fourth-order valence-corrected chi connectivity index (χ4v) is 6.13. The van der Waals surface area contributed by atoms with Crippen LogP contribution in [-0.4, -0.2) is 49.1 Å². The van der Waals surface area contributed by atoms with E-state index in [0.29, 0.717) is 0 Å². The van der Waals surface area contributed by atoms with Gasteiger partial charge in [-0.2, -0.15) is 0 Å². The zero-order valence-electron chi connectivity index (χ0n) is 13.4. The van der Waals surface area contributed by atoms with Crippen molar-refractivity contribution in [1.82, 2.24) is 9.80 Å². The van der Waals surface area contributed by atoms with Crippen LogP contribution in [0.25, 0.3) is 0 Å². The SMILES string of the molecule is CCC1CN2CC(CC(C)C3CN4CCC3CC4)C1C2. The molecule has 0 aliphatic carbocycles. The quantitative estimate of drug-likeness (QED) is 0.779. The van der Waals surface area contributed by atoms with E-state index in [4.69, 9.17) is 0 Å². The summed E-state index contributed by atoms with van der Waals surface area (Å²) in [6.45, 7) is 13.4. The predicted molar refractivity (Wildman–Crippen MR) is 83.6 cm³/mol. The first kappa shape index (κ1) is 13.6. The van der Waals surface area contributed by atoms with Gasteiger partial charge >= 0.3 is 0 Å². The van der Waals surface area contributed by atoms with E-state index in [1.165, 1.54) is 65.0 Å². The molecule has 0 aromatic rings. The van der Waals surface area contributed by atoms with E-state index in [1.807, 2.05) is 0 Å². The van der Waals surface area contributed by atoms with Crippen molar-refractivity contribution >= 4 is 0 Å². The number of hydrogen-bond donors (Lipinski definition) is 0. The van der Waals surface area contributed by atoms with Crippen LogP contribution in [0.1, 0.15) is 39.5 Å². The minimum Gasteiger partial charge on any atom is -0.303 e. The van der Waals surface area contributed by atoms with E-state index in [-0.39, 0.29) is 0 Å². The second kappa shape index (κ2) is 5.28. The molecule has 0 amide bonds. The second-order valence-electron chi connectivity index (χ2n) is 8.33. The molecule has 0 N–H and O–H groups in total. The molecular weight excluding hydrogens is 244 g/mol. The first-order chi connectivity index (χ1) is 9.74. The number of hydrogen-bond acceptors (Lipinski definition) is 2. The Morgan fingerprint density at radius 2 is 1.70 bits per heavy atom. The molecule has 0 aromatic carbocycles. The number of rotatable bonds is 4. The van der Waals surface area contributed by atoms with Crippen LogP contribution in [0, 0.1) is 35.5 Å². The summed E-state index contributed by atoms with van der Waals surface area (Å²) < 4.78 is 0. The summed E-state index contributed by atoms with van der Waals surface area (Å²) in [6.07, 6.45) is 5.91. The highest BCUT2D eigenvalue weighted by atomic mass is 15.2. The van der Waals surface area contributed by atoms with E-state index < -0.39 is 0 Å². The number of nitrogens with zero attached hydrogens (tertiary/aromatic N) is 2. The zero-order valence-corrected chi connectivity index (χ0v) is 13.4. The maximum absolute atomic E-state index is 2.76. The molecule has 0 radical (unpaired) electrons. The standard InChI is InChI=1S/C18H32N2/c1-3-14-9-20-10-16(18(14)12-20)8-13(2)17-11-19-6-4-15(17)5-7-19/h13-18H,3-12H2,1-2H3. The lowest BCUT2D eigenvalue weighted by molar-refractivity contribution is 0.0141. The van der Waals surface area contributed by atoms with Crippen LogP contribution in [-0.2, 0) is 0 Å². The van der Waals surface area contributed by atoms with Gasteiger partial charge < -0.3 is 9.80 Å². The molecule has 0 saturated carbocycles. The highest BCUT2D eigenvalue weighted by Gasteiger charge is 2.45. The average Bonchev–Trinajstić information content (AvgIpc) is 3.07. The monoisotopic (exact) mass is 276 g/mol. The van der Waals surface area contributed by atoms with Gasteiger partial charge in [0.2, 0.25) is 0 Å². The molecule has 0 aromatic heterocycles. The van der Waals surface area contributed by atoms with Gasteiger partial charge in [0.25, 0.3) is 0 Å². The van der Waals surface area contributed by atoms with E-state index in [1.54, 1.807) is 0 Å². The summed E-state index contributed by atoms with van der Waals surface area (Å²) in [5.74, 6) is 6.14. The Labute approximate surface area is 124 Å². The molecular formula is C18H32N2. The summed E-state index contributed by atoms with van der Waals surface area (Å²) >= 11 is 0. The van der Waals surface area contributed by atoms with Gasteiger partial charge in [-0.15, -0.1) is 0 Å². The van der Waals surface area contributed by atoms with E-state index >= 15 is 0 Å². The van der Waals surface area contributed by atoms with Crippen LogP contribution in [0.15, 0.2) is 0 Å². The second-order valence-corrected chi connectivity index (χ2v) is 8.33. The predicted octanol–water partition coefficient (Wildman–Crippen LogP) is 2.94. The normalized spacial score (nSPS) is 51.6. The van der Waals surface area contributed by atoms with Crippen molar-refractivity contribution in [2.24, 2.45) is 35.5 Å². The maximum atomic E-state index is 2.76. The van der Waals surface area contributed by atoms with Crippen LogP contribution < -0.4 is 0 Å². The Hall–Kier alpha value is -0.0800. The van der Waals surface area contributed by atoms with Gasteiger partial charge in [0.15, 0.2) is 0 Å². The molecule has 2 heteroatoms. The van der Waals surface area contributed by atoms with Crippen LogP contribution in [0.2, 0.25) is 0 Å². The van der Waals surface area contributed by atoms with Gasteiger partial charge in [-0.05, 0) is 67.9 Å². The number of piperidine rings is 4. The molecule has 5 saturated heterocycles. The third kappa shape index (κ3) is 2.23. The van der Waals surface area contributed by atoms with Crippen LogP contribution >= 0.6 is 0 Å². The summed E-state index contributed by atoms with van der Waals surface area (Å²) in [5, 5.41) is 0. The van der Waals surface area contributed by atoms with Crippen molar-refractivity contribution in [3.8, 4) is 0 Å². The molecule has 6 atom stereocenters. The molecule has 4 bridgehead atoms. The molecule has 20 heavy (non-hydrogen) atoms. The third-order valence-corrected chi connectivity index (χ3v) is 7.30. The van der Waals surface area contributed by atoms with Crippen LogP contribution in [0.4, 0.5) is 0 Å². The molecule has 5 fully saturated rings. The lowest BCUT2D eigenvalue weighted by Crippen LogP contribution is -2.49. The topological polar surface area (TPSA) is 6.48 Å². The lowest BCUT2D eigenvalue weighted by Gasteiger charge is -2.48. The fourth-order valence-electron chi connectivity index (χ4n) is 6.13. The average molecular weight is 276 g/mol. The zero-order chi connectivity index (χ0) is 13.7. The highest BCUT2D eigenvalue weighted by Crippen LogP contribution is 2.45. The van der Waals surface area contributed by atoms with Crippen molar-refractivity contribution < 1.29 is 0 Å². The molecule has 6 unspecified atom stereocenters. The molecule has 114 valence electrons. The van der Waals surface area contributed by atoms with Crippen molar-refractivity contribution in [1.29, 1.82) is 0 Å². The largest absolute Gasteiger partial charge is 0.303 e. The van der Waals surface area contributed by atoms with E-state index in [2.05, 4.69) is 23.6 Å². The van der Waals surface area contributed by atoms with Crippen molar-refractivity contribution in [2.75, 3.05) is 39.3 Å². The molecule has 0 spiro atoms. The highest BCUT2D eigenvalue weighted by molar-refractivity contribution is 4.97.